The Bertz CT molecular complexity index is 1040. The van der Waals surface area contributed by atoms with Crippen LogP contribution in [-0.4, -0.2) is 27.9 Å². The van der Waals surface area contributed by atoms with Crippen LogP contribution in [0, 0.1) is 28.9 Å². The number of hydrogen-bond donors (Lipinski definition) is 2. The van der Waals surface area contributed by atoms with Gasteiger partial charge in [0, 0.05) is 19.2 Å². The minimum atomic E-state index is -0.715. The lowest BCUT2D eigenvalue weighted by Crippen LogP contribution is -2.43. The van der Waals surface area contributed by atoms with Crippen molar-refractivity contribution in [1.82, 2.24) is 14.9 Å². The highest BCUT2D eigenvalue weighted by molar-refractivity contribution is 5.94. The highest BCUT2D eigenvalue weighted by atomic mass is 19.1. The molecule has 3 rings (SSSR count). The van der Waals surface area contributed by atoms with Crippen LogP contribution in [0.2, 0.25) is 0 Å². The number of carbonyl (C=O) groups is 2. The van der Waals surface area contributed by atoms with E-state index in [1.54, 1.807) is 0 Å². The maximum atomic E-state index is 14.7. The predicted octanol–water partition coefficient (Wildman–Crippen LogP) is 4.85. The van der Waals surface area contributed by atoms with Gasteiger partial charge in [0.15, 0.2) is 0 Å². The van der Waals surface area contributed by atoms with E-state index in [0.29, 0.717) is 24.7 Å². The molecule has 2 unspecified atom stereocenters. The van der Waals surface area contributed by atoms with Gasteiger partial charge in [-0.2, -0.15) is 0 Å². The van der Waals surface area contributed by atoms with E-state index in [1.165, 1.54) is 12.1 Å². The molecule has 3 N–H and O–H groups in total. The second-order valence-corrected chi connectivity index (χ2v) is 10.3. The van der Waals surface area contributed by atoms with Crippen LogP contribution in [0.4, 0.5) is 8.78 Å². The standard InChI is InChI=1S/C26H36F2N4O2/c1-5-16-8-6-10-21-22(25(34)30-15-19(23(29)33)26(2,3)4)31-24(32(21)13-7-9-16)18-12-11-17(27)14-20(18)28/h11-12,14,16,19H,5-10,13,15H2,1-4H3,(H2,29,33)(H,30,34). The zero-order valence-electron chi connectivity index (χ0n) is 20.6. The van der Waals surface area contributed by atoms with Crippen LogP contribution >= 0.6 is 0 Å². The Labute approximate surface area is 200 Å². The van der Waals surface area contributed by atoms with Crippen molar-refractivity contribution in [3.05, 3.63) is 41.2 Å². The molecule has 0 bridgehead atoms. The normalized spacial score (nSPS) is 17.8. The number of nitrogens with zero attached hydrogens (tertiary/aromatic N) is 2. The number of imidazole rings is 1. The van der Waals surface area contributed by atoms with Crippen LogP contribution in [0.3, 0.4) is 0 Å². The minimum Gasteiger partial charge on any atom is -0.369 e. The van der Waals surface area contributed by atoms with E-state index in [2.05, 4.69) is 17.2 Å². The molecule has 1 aliphatic rings. The van der Waals surface area contributed by atoms with Crippen molar-refractivity contribution in [3.8, 4) is 11.4 Å². The fourth-order valence-corrected chi connectivity index (χ4v) is 4.80. The summed E-state index contributed by atoms with van der Waals surface area (Å²) in [4.78, 5) is 29.8. The van der Waals surface area contributed by atoms with Crippen molar-refractivity contribution in [3.63, 3.8) is 0 Å². The number of benzene rings is 1. The van der Waals surface area contributed by atoms with Gasteiger partial charge in [0.05, 0.1) is 17.2 Å². The number of amides is 2. The van der Waals surface area contributed by atoms with Crippen LogP contribution in [0.5, 0.6) is 0 Å². The van der Waals surface area contributed by atoms with E-state index in [0.717, 1.165) is 43.9 Å². The number of halogens is 2. The lowest BCUT2D eigenvalue weighted by molar-refractivity contribution is -0.124. The molecule has 34 heavy (non-hydrogen) atoms. The van der Waals surface area contributed by atoms with Gasteiger partial charge in [-0.3, -0.25) is 9.59 Å². The molecule has 2 atom stereocenters. The number of carbonyl (C=O) groups excluding carboxylic acids is 2. The largest absolute Gasteiger partial charge is 0.369 e. The molecule has 6 nitrogen and oxygen atoms in total. The topological polar surface area (TPSA) is 90.0 Å². The molecule has 186 valence electrons. The summed E-state index contributed by atoms with van der Waals surface area (Å²) in [5.74, 6) is -1.89. The van der Waals surface area contributed by atoms with E-state index in [-0.39, 0.29) is 17.8 Å². The lowest BCUT2D eigenvalue weighted by Gasteiger charge is -2.28. The Hall–Kier alpha value is -2.77. The molecule has 2 amide bonds. The van der Waals surface area contributed by atoms with Gasteiger partial charge in [0.25, 0.3) is 5.91 Å². The first-order valence-corrected chi connectivity index (χ1v) is 12.1. The first kappa shape index (κ1) is 25.8. The van der Waals surface area contributed by atoms with E-state index in [4.69, 9.17) is 5.73 Å². The van der Waals surface area contributed by atoms with Gasteiger partial charge >= 0.3 is 0 Å². The van der Waals surface area contributed by atoms with E-state index >= 15 is 0 Å². The van der Waals surface area contributed by atoms with E-state index in [9.17, 15) is 18.4 Å². The zero-order valence-corrected chi connectivity index (χ0v) is 20.6. The molecule has 8 heteroatoms. The summed E-state index contributed by atoms with van der Waals surface area (Å²) < 4.78 is 30.2. The molecule has 0 saturated heterocycles. The number of aromatic nitrogens is 2. The number of nitrogens with two attached hydrogens (primary N) is 1. The maximum absolute atomic E-state index is 14.7. The number of hydrogen-bond acceptors (Lipinski definition) is 3. The summed E-state index contributed by atoms with van der Waals surface area (Å²) in [6.45, 7) is 8.55. The fourth-order valence-electron chi connectivity index (χ4n) is 4.80. The highest BCUT2D eigenvalue weighted by Crippen LogP contribution is 2.31. The monoisotopic (exact) mass is 474 g/mol. The average Bonchev–Trinajstić information content (AvgIpc) is 3.13. The Balaban J connectivity index is 2.00. The van der Waals surface area contributed by atoms with Gasteiger partial charge in [0.1, 0.15) is 23.2 Å². The molecule has 0 spiro atoms. The van der Waals surface area contributed by atoms with Gasteiger partial charge in [-0.25, -0.2) is 13.8 Å². The van der Waals surface area contributed by atoms with Crippen molar-refractivity contribution in [2.45, 2.75) is 72.8 Å². The fraction of sp³-hybridized carbons (Fsp3) is 0.577. The molecule has 2 heterocycles. The molecule has 1 aliphatic heterocycles. The molecule has 0 fully saturated rings. The molecular formula is C26H36F2N4O2. The van der Waals surface area contributed by atoms with Crippen molar-refractivity contribution >= 4 is 11.8 Å². The summed E-state index contributed by atoms with van der Waals surface area (Å²) in [6, 6.07) is 3.40. The van der Waals surface area contributed by atoms with Crippen molar-refractivity contribution in [1.29, 1.82) is 0 Å². The summed E-state index contributed by atoms with van der Waals surface area (Å²) in [6.07, 6.45) is 5.60. The first-order chi connectivity index (χ1) is 16.0. The van der Waals surface area contributed by atoms with Crippen LogP contribution in [0.25, 0.3) is 11.4 Å². The molecule has 0 radical (unpaired) electrons. The molecule has 1 aromatic carbocycles. The Kier molecular flexibility index (Phi) is 8.10. The van der Waals surface area contributed by atoms with Crippen molar-refractivity contribution < 1.29 is 18.4 Å². The second-order valence-electron chi connectivity index (χ2n) is 10.3. The van der Waals surface area contributed by atoms with Gasteiger partial charge < -0.3 is 15.6 Å². The maximum Gasteiger partial charge on any atom is 0.271 e. The molecule has 0 saturated carbocycles. The third-order valence-electron chi connectivity index (χ3n) is 6.91. The SMILES string of the molecule is CCC1CCCc2c(C(=O)NCC(C(N)=O)C(C)(C)C)nc(-c3ccc(F)cc3F)n2CCC1. The van der Waals surface area contributed by atoms with Gasteiger partial charge in [-0.1, -0.05) is 40.5 Å². The summed E-state index contributed by atoms with van der Waals surface area (Å²) in [7, 11) is 0. The van der Waals surface area contributed by atoms with Crippen LogP contribution < -0.4 is 11.1 Å². The highest BCUT2D eigenvalue weighted by Gasteiger charge is 2.31. The van der Waals surface area contributed by atoms with Gasteiger partial charge in [-0.15, -0.1) is 0 Å². The second kappa shape index (κ2) is 10.7. The summed E-state index contributed by atoms with van der Waals surface area (Å²) in [5.41, 5.74) is 6.29. The molecule has 0 aliphatic carbocycles. The van der Waals surface area contributed by atoms with Gasteiger partial charge in [-0.05, 0) is 49.1 Å². The minimum absolute atomic E-state index is 0.0854. The predicted molar refractivity (Wildman–Crippen MR) is 128 cm³/mol. The van der Waals surface area contributed by atoms with Crippen LogP contribution in [0.1, 0.15) is 76.0 Å². The number of fused-ring (bicyclic) bond motifs is 1. The summed E-state index contributed by atoms with van der Waals surface area (Å²) >= 11 is 0. The first-order valence-electron chi connectivity index (χ1n) is 12.1. The smallest absolute Gasteiger partial charge is 0.271 e. The molecule has 1 aromatic heterocycles. The Morgan fingerprint density at radius 3 is 2.56 bits per heavy atom. The quantitative estimate of drug-likeness (QED) is 0.627. The number of nitrogens with one attached hydrogen (secondary N) is 1. The Morgan fingerprint density at radius 1 is 1.24 bits per heavy atom. The number of primary amides is 1. The number of rotatable bonds is 6. The van der Waals surface area contributed by atoms with Crippen LogP contribution in [0.15, 0.2) is 18.2 Å². The average molecular weight is 475 g/mol. The van der Waals surface area contributed by atoms with E-state index in [1.807, 2.05) is 25.3 Å². The third kappa shape index (κ3) is 5.83. The molecular weight excluding hydrogens is 438 g/mol. The Morgan fingerprint density at radius 2 is 1.94 bits per heavy atom. The third-order valence-corrected chi connectivity index (χ3v) is 6.91. The van der Waals surface area contributed by atoms with Crippen molar-refractivity contribution in [2.24, 2.45) is 23.0 Å². The van der Waals surface area contributed by atoms with Crippen LogP contribution in [-0.2, 0) is 17.8 Å². The van der Waals surface area contributed by atoms with E-state index < -0.39 is 34.8 Å². The summed E-state index contributed by atoms with van der Waals surface area (Å²) in [5, 5.41) is 2.83. The lowest BCUT2D eigenvalue weighted by atomic mass is 9.80. The van der Waals surface area contributed by atoms with Crippen molar-refractivity contribution in [2.75, 3.05) is 6.54 Å². The zero-order chi connectivity index (χ0) is 25.0. The van der Waals surface area contributed by atoms with Gasteiger partial charge in [0.2, 0.25) is 5.91 Å². The molecule has 2 aromatic rings.